The molecule has 0 aromatic heterocycles. The number of ether oxygens (including phenoxy) is 3. The molecule has 0 radical (unpaired) electrons. The Bertz CT molecular complexity index is 1150. The number of nitrogens with zero attached hydrogens (tertiary/aromatic N) is 1. The Balaban J connectivity index is 1.70. The molecule has 1 aliphatic rings. The molecular formula is C22H15F2NO4. The zero-order valence-corrected chi connectivity index (χ0v) is 15.3. The Morgan fingerprint density at radius 2 is 1.83 bits per heavy atom. The molecule has 4 rings (SSSR count). The lowest BCUT2D eigenvalue weighted by molar-refractivity contribution is -0.129. The number of hydrogen-bond donors (Lipinski definition) is 0. The third kappa shape index (κ3) is 3.80. The van der Waals surface area contributed by atoms with Crippen molar-refractivity contribution in [2.75, 3.05) is 7.11 Å². The van der Waals surface area contributed by atoms with Gasteiger partial charge >= 0.3 is 12.6 Å². The SMILES string of the molecule is COc1cc(C2=N/C(=C\c3cccc4ccccc34)C(=O)O2)ccc1OC(F)F. The monoisotopic (exact) mass is 395 g/mol. The van der Waals surface area contributed by atoms with Gasteiger partial charge in [0.2, 0.25) is 5.90 Å². The topological polar surface area (TPSA) is 57.1 Å². The number of rotatable bonds is 5. The molecule has 0 saturated carbocycles. The Labute approximate surface area is 164 Å². The molecule has 0 aliphatic carbocycles. The molecule has 3 aromatic carbocycles. The second-order valence-electron chi connectivity index (χ2n) is 6.15. The van der Waals surface area contributed by atoms with E-state index in [2.05, 4.69) is 9.73 Å². The largest absolute Gasteiger partial charge is 0.493 e. The predicted octanol–water partition coefficient (Wildman–Crippen LogP) is 4.79. The van der Waals surface area contributed by atoms with Crippen molar-refractivity contribution in [2.45, 2.75) is 6.61 Å². The lowest BCUT2D eigenvalue weighted by Gasteiger charge is -2.10. The molecule has 0 fully saturated rings. The van der Waals surface area contributed by atoms with Crippen LogP contribution in [0.15, 0.2) is 71.4 Å². The number of carbonyl (C=O) groups excluding carboxylic acids is 1. The number of cyclic esters (lactones) is 1. The van der Waals surface area contributed by atoms with Crippen LogP contribution in [0.1, 0.15) is 11.1 Å². The van der Waals surface area contributed by atoms with E-state index in [4.69, 9.17) is 9.47 Å². The molecule has 0 N–H and O–H groups in total. The van der Waals surface area contributed by atoms with Crippen molar-refractivity contribution in [3.05, 3.63) is 77.5 Å². The van der Waals surface area contributed by atoms with Crippen LogP contribution >= 0.6 is 0 Å². The number of alkyl halides is 2. The highest BCUT2D eigenvalue weighted by molar-refractivity contribution is 6.13. The van der Waals surface area contributed by atoms with Crippen LogP contribution in [-0.4, -0.2) is 25.6 Å². The molecule has 1 heterocycles. The molecular weight excluding hydrogens is 380 g/mol. The Kier molecular flexibility index (Phi) is 4.95. The first-order chi connectivity index (χ1) is 14.0. The highest BCUT2D eigenvalue weighted by atomic mass is 19.3. The van der Waals surface area contributed by atoms with Crippen LogP contribution in [0.3, 0.4) is 0 Å². The minimum absolute atomic E-state index is 0.0587. The summed E-state index contributed by atoms with van der Waals surface area (Å²) in [6.07, 6.45) is 1.66. The van der Waals surface area contributed by atoms with E-state index < -0.39 is 12.6 Å². The van der Waals surface area contributed by atoms with E-state index in [-0.39, 0.29) is 23.1 Å². The van der Waals surface area contributed by atoms with Crippen molar-refractivity contribution >= 4 is 28.7 Å². The molecule has 29 heavy (non-hydrogen) atoms. The summed E-state index contributed by atoms with van der Waals surface area (Å²) < 4.78 is 39.7. The molecule has 0 saturated heterocycles. The van der Waals surface area contributed by atoms with Gasteiger partial charge in [-0.25, -0.2) is 9.79 Å². The maximum absolute atomic E-state index is 12.5. The fourth-order valence-electron chi connectivity index (χ4n) is 3.05. The van der Waals surface area contributed by atoms with Crippen LogP contribution in [-0.2, 0) is 9.53 Å². The molecule has 0 atom stereocenters. The highest BCUT2D eigenvalue weighted by Gasteiger charge is 2.25. The molecule has 146 valence electrons. The first kappa shape index (κ1) is 18.6. The fraction of sp³-hybridized carbons (Fsp3) is 0.0909. The van der Waals surface area contributed by atoms with Gasteiger partial charge in [-0.3, -0.25) is 0 Å². The number of hydrogen-bond acceptors (Lipinski definition) is 5. The van der Waals surface area contributed by atoms with Gasteiger partial charge in [0, 0.05) is 5.56 Å². The van der Waals surface area contributed by atoms with Gasteiger partial charge in [-0.2, -0.15) is 8.78 Å². The number of aliphatic imine (C=N–C) groups is 1. The summed E-state index contributed by atoms with van der Waals surface area (Å²) in [6, 6.07) is 17.8. The summed E-state index contributed by atoms with van der Waals surface area (Å²) >= 11 is 0. The standard InChI is InChI=1S/C22H15F2NO4/c1-27-19-12-15(9-10-18(19)28-22(23)24)20-25-17(21(26)29-20)11-14-7-4-6-13-5-2-3-8-16(13)14/h2-12,22H,1H3/b17-11-. The minimum Gasteiger partial charge on any atom is -0.493 e. The average molecular weight is 395 g/mol. The molecule has 5 nitrogen and oxygen atoms in total. The van der Waals surface area contributed by atoms with Crippen LogP contribution < -0.4 is 9.47 Å². The summed E-state index contributed by atoms with van der Waals surface area (Å²) in [7, 11) is 1.33. The molecule has 1 aliphatic heterocycles. The van der Waals surface area contributed by atoms with Crippen molar-refractivity contribution in [2.24, 2.45) is 4.99 Å². The Morgan fingerprint density at radius 1 is 1.03 bits per heavy atom. The number of halogens is 2. The van der Waals surface area contributed by atoms with E-state index in [1.807, 2.05) is 42.5 Å². The van der Waals surface area contributed by atoms with Gasteiger partial charge in [0.15, 0.2) is 17.2 Å². The van der Waals surface area contributed by atoms with Crippen LogP contribution in [0.2, 0.25) is 0 Å². The lowest BCUT2D eigenvalue weighted by atomic mass is 10.0. The van der Waals surface area contributed by atoms with Gasteiger partial charge in [0.25, 0.3) is 0 Å². The first-order valence-electron chi connectivity index (χ1n) is 8.68. The summed E-state index contributed by atoms with van der Waals surface area (Å²) in [5.41, 5.74) is 1.37. The van der Waals surface area contributed by atoms with Gasteiger partial charge in [-0.05, 0) is 40.6 Å². The average Bonchev–Trinajstić information content (AvgIpc) is 3.08. The van der Waals surface area contributed by atoms with Crippen molar-refractivity contribution in [1.29, 1.82) is 0 Å². The van der Waals surface area contributed by atoms with Crippen LogP contribution in [0.25, 0.3) is 16.8 Å². The van der Waals surface area contributed by atoms with Crippen molar-refractivity contribution in [1.82, 2.24) is 0 Å². The number of esters is 1. The minimum atomic E-state index is -2.98. The van der Waals surface area contributed by atoms with E-state index >= 15 is 0 Å². The first-order valence-corrected chi connectivity index (χ1v) is 8.68. The Morgan fingerprint density at radius 3 is 2.62 bits per heavy atom. The molecule has 0 bridgehead atoms. The zero-order valence-electron chi connectivity index (χ0n) is 15.3. The number of fused-ring (bicyclic) bond motifs is 1. The summed E-state index contributed by atoms with van der Waals surface area (Å²) in [5.74, 6) is -0.584. The van der Waals surface area contributed by atoms with E-state index in [1.165, 1.54) is 25.3 Å². The zero-order chi connectivity index (χ0) is 20.4. The summed E-state index contributed by atoms with van der Waals surface area (Å²) in [4.78, 5) is 16.6. The third-order valence-electron chi connectivity index (χ3n) is 4.36. The maximum Gasteiger partial charge on any atom is 0.387 e. The van der Waals surface area contributed by atoms with E-state index in [1.54, 1.807) is 6.08 Å². The van der Waals surface area contributed by atoms with E-state index in [0.29, 0.717) is 5.56 Å². The van der Waals surface area contributed by atoms with Crippen LogP contribution in [0, 0.1) is 0 Å². The number of methoxy groups -OCH3 is 1. The quantitative estimate of drug-likeness (QED) is 0.460. The molecule has 0 amide bonds. The van der Waals surface area contributed by atoms with Crippen molar-refractivity contribution in [3.8, 4) is 11.5 Å². The fourth-order valence-corrected chi connectivity index (χ4v) is 3.05. The van der Waals surface area contributed by atoms with Crippen LogP contribution in [0.4, 0.5) is 8.78 Å². The summed E-state index contributed by atoms with van der Waals surface area (Å²) in [6.45, 7) is -2.98. The Hall–Kier alpha value is -3.74. The van der Waals surface area contributed by atoms with Crippen molar-refractivity contribution in [3.63, 3.8) is 0 Å². The second kappa shape index (κ2) is 7.71. The van der Waals surface area contributed by atoms with Gasteiger partial charge in [0.05, 0.1) is 7.11 Å². The summed E-state index contributed by atoms with van der Waals surface area (Å²) in [5, 5.41) is 2.02. The molecule has 0 unspecified atom stereocenters. The van der Waals surface area contributed by atoms with Gasteiger partial charge in [0.1, 0.15) is 0 Å². The smallest absolute Gasteiger partial charge is 0.387 e. The van der Waals surface area contributed by atoms with E-state index in [9.17, 15) is 13.6 Å². The van der Waals surface area contributed by atoms with Crippen LogP contribution in [0.5, 0.6) is 11.5 Å². The second-order valence-corrected chi connectivity index (χ2v) is 6.15. The molecule has 3 aromatic rings. The molecule has 0 spiro atoms. The third-order valence-corrected chi connectivity index (χ3v) is 4.36. The maximum atomic E-state index is 12.5. The van der Waals surface area contributed by atoms with Gasteiger partial charge in [-0.1, -0.05) is 42.5 Å². The predicted molar refractivity (Wildman–Crippen MR) is 104 cm³/mol. The normalized spacial score (nSPS) is 15.0. The highest BCUT2D eigenvalue weighted by Crippen LogP contribution is 2.31. The van der Waals surface area contributed by atoms with Gasteiger partial charge in [-0.15, -0.1) is 0 Å². The van der Waals surface area contributed by atoms with Crippen molar-refractivity contribution < 1.29 is 27.8 Å². The molecule has 7 heteroatoms. The van der Waals surface area contributed by atoms with Gasteiger partial charge < -0.3 is 14.2 Å². The number of carbonyl (C=O) groups is 1. The lowest BCUT2D eigenvalue weighted by Crippen LogP contribution is -2.07. The number of benzene rings is 3. The van der Waals surface area contributed by atoms with E-state index in [0.717, 1.165) is 16.3 Å².